The molecule has 78 valence electrons. The van der Waals surface area contributed by atoms with Crippen molar-refractivity contribution in [3.05, 3.63) is 37.8 Å². The molecule has 0 fully saturated rings. The summed E-state index contributed by atoms with van der Waals surface area (Å²) >= 11 is 0. The summed E-state index contributed by atoms with van der Waals surface area (Å²) < 4.78 is 0. The van der Waals surface area contributed by atoms with Crippen LogP contribution in [0.5, 0.6) is 0 Å². The van der Waals surface area contributed by atoms with E-state index in [0.29, 0.717) is 5.56 Å². The van der Waals surface area contributed by atoms with E-state index < -0.39 is 16.2 Å². The molecular weight excluding hydrogens is 198 g/mol. The van der Waals surface area contributed by atoms with Crippen LogP contribution in [-0.4, -0.2) is 16.5 Å². The molecule has 6 nitrogen and oxygen atoms in total. The van der Waals surface area contributed by atoms with Crippen LogP contribution >= 0.6 is 0 Å². The van der Waals surface area contributed by atoms with E-state index in [4.69, 9.17) is 5.73 Å². The first-order valence-electron chi connectivity index (χ1n) is 4.13. The monoisotopic (exact) mass is 207 g/mol. The molecule has 1 aromatic rings. The Hall–Kier alpha value is -2.13. The van der Waals surface area contributed by atoms with Crippen LogP contribution in [0.25, 0.3) is 0 Å². The first kappa shape index (κ1) is 10.9. The van der Waals surface area contributed by atoms with E-state index in [0.717, 1.165) is 0 Å². The molecule has 0 amide bonds. The highest BCUT2D eigenvalue weighted by Crippen LogP contribution is 2.14. The third-order valence-corrected chi connectivity index (χ3v) is 1.83. The Morgan fingerprint density at radius 3 is 2.87 bits per heavy atom. The van der Waals surface area contributed by atoms with Crippen LogP contribution in [0.2, 0.25) is 0 Å². The normalized spacial score (nSPS) is 9.20. The van der Waals surface area contributed by atoms with E-state index in [1.54, 1.807) is 0 Å². The van der Waals surface area contributed by atoms with Gasteiger partial charge < -0.3 is 10.7 Å². The largest absolute Gasteiger partial charge is 0.337 e. The van der Waals surface area contributed by atoms with Crippen LogP contribution in [0.15, 0.2) is 11.0 Å². The minimum atomic E-state index is -0.726. The molecular formula is C9H9N3O3. The molecule has 0 aliphatic heterocycles. The number of hydrogen-bond donors (Lipinski definition) is 2. The molecule has 6 heteroatoms. The highest BCUT2D eigenvalue weighted by molar-refractivity contribution is 5.49. The van der Waals surface area contributed by atoms with E-state index in [1.165, 1.54) is 13.1 Å². The molecule has 1 rings (SSSR count). The van der Waals surface area contributed by atoms with Gasteiger partial charge in [-0.2, -0.15) is 0 Å². The summed E-state index contributed by atoms with van der Waals surface area (Å²) in [6, 6.07) is 0. The number of nitrogens with two attached hydrogens (primary N) is 1. The van der Waals surface area contributed by atoms with Gasteiger partial charge in [-0.25, -0.2) is 0 Å². The summed E-state index contributed by atoms with van der Waals surface area (Å²) in [4.78, 5) is 23.3. The average Bonchev–Trinajstić information content (AvgIpc) is 2.16. The Bertz CT molecular complexity index is 508. The lowest BCUT2D eigenvalue weighted by molar-refractivity contribution is -0.386. The Balaban J connectivity index is 3.41. The molecule has 0 aliphatic carbocycles. The van der Waals surface area contributed by atoms with Gasteiger partial charge in [0, 0.05) is 11.8 Å². The number of H-pyrrole nitrogens is 1. The number of nitro groups is 1. The summed E-state index contributed by atoms with van der Waals surface area (Å²) in [5, 5.41) is 10.6. The molecule has 1 aromatic heterocycles. The summed E-state index contributed by atoms with van der Waals surface area (Å²) in [5.41, 5.74) is 4.64. The summed E-state index contributed by atoms with van der Waals surface area (Å²) in [5.74, 6) is 5.21. The molecule has 1 heterocycles. The lowest BCUT2D eigenvalue weighted by atomic mass is 10.1. The first-order chi connectivity index (χ1) is 7.07. The molecule has 0 radical (unpaired) electrons. The Labute approximate surface area is 85.3 Å². The maximum atomic E-state index is 11.1. The van der Waals surface area contributed by atoms with Gasteiger partial charge in [-0.1, -0.05) is 11.8 Å². The van der Waals surface area contributed by atoms with Crippen LogP contribution in [0.4, 0.5) is 5.69 Å². The second-order valence-electron chi connectivity index (χ2n) is 2.77. The van der Waals surface area contributed by atoms with Crippen LogP contribution in [0, 0.1) is 28.9 Å². The van der Waals surface area contributed by atoms with E-state index in [2.05, 4.69) is 16.8 Å². The third-order valence-electron chi connectivity index (χ3n) is 1.83. The van der Waals surface area contributed by atoms with Crippen molar-refractivity contribution in [1.29, 1.82) is 0 Å². The minimum Gasteiger partial charge on any atom is -0.322 e. The predicted octanol–water partition coefficient (Wildman–Crippen LogP) is -0.0983. The smallest absolute Gasteiger partial charge is 0.322 e. The maximum Gasteiger partial charge on any atom is 0.337 e. The number of nitrogens with one attached hydrogen (secondary N) is 1. The molecule has 0 saturated carbocycles. The standard InChI is InChI=1S/C9H9N3O3/c1-6-7(3-2-4-10)5-11-9(13)8(6)12(14)15/h5H,4,10H2,1H3,(H,11,13). The zero-order valence-electron chi connectivity index (χ0n) is 8.03. The van der Waals surface area contributed by atoms with E-state index in [-0.39, 0.29) is 12.1 Å². The summed E-state index contributed by atoms with van der Waals surface area (Å²) in [6.07, 6.45) is 1.34. The zero-order chi connectivity index (χ0) is 11.4. The fourth-order valence-corrected chi connectivity index (χ4v) is 1.11. The Kier molecular flexibility index (Phi) is 3.21. The molecule has 0 unspecified atom stereocenters. The van der Waals surface area contributed by atoms with Crippen molar-refractivity contribution in [3.8, 4) is 11.8 Å². The van der Waals surface area contributed by atoms with Gasteiger partial charge in [0.25, 0.3) is 0 Å². The van der Waals surface area contributed by atoms with Gasteiger partial charge in [-0.05, 0) is 6.92 Å². The van der Waals surface area contributed by atoms with Gasteiger partial charge in [0.05, 0.1) is 17.0 Å². The van der Waals surface area contributed by atoms with E-state index in [1.807, 2.05) is 0 Å². The molecule has 0 atom stereocenters. The van der Waals surface area contributed by atoms with E-state index >= 15 is 0 Å². The van der Waals surface area contributed by atoms with Gasteiger partial charge in [0.15, 0.2) is 0 Å². The molecule has 15 heavy (non-hydrogen) atoms. The number of aromatic amines is 1. The van der Waals surface area contributed by atoms with Crippen molar-refractivity contribution < 1.29 is 4.92 Å². The molecule has 0 spiro atoms. The highest BCUT2D eigenvalue weighted by Gasteiger charge is 2.18. The van der Waals surface area contributed by atoms with Gasteiger partial charge in [0.1, 0.15) is 0 Å². The average molecular weight is 207 g/mol. The van der Waals surface area contributed by atoms with Gasteiger partial charge in [-0.3, -0.25) is 14.9 Å². The van der Waals surface area contributed by atoms with Crippen molar-refractivity contribution in [2.45, 2.75) is 6.92 Å². The van der Waals surface area contributed by atoms with Gasteiger partial charge in [-0.15, -0.1) is 0 Å². The zero-order valence-corrected chi connectivity index (χ0v) is 8.03. The Morgan fingerprint density at radius 2 is 2.33 bits per heavy atom. The van der Waals surface area contributed by atoms with Crippen molar-refractivity contribution in [1.82, 2.24) is 4.98 Å². The van der Waals surface area contributed by atoms with Gasteiger partial charge in [0.2, 0.25) is 0 Å². The molecule has 0 aromatic carbocycles. The van der Waals surface area contributed by atoms with Crippen LogP contribution in [0.3, 0.4) is 0 Å². The van der Waals surface area contributed by atoms with Crippen molar-refractivity contribution in [2.75, 3.05) is 6.54 Å². The number of hydrogen-bond acceptors (Lipinski definition) is 4. The number of pyridine rings is 1. The lowest BCUT2D eigenvalue weighted by Crippen LogP contribution is -2.13. The SMILES string of the molecule is Cc1c(C#CCN)c[nH]c(=O)c1[N+](=O)[O-]. The lowest BCUT2D eigenvalue weighted by Gasteiger charge is -1.98. The fraction of sp³-hybridized carbons (Fsp3) is 0.222. The second-order valence-corrected chi connectivity index (χ2v) is 2.77. The predicted molar refractivity (Wildman–Crippen MR) is 54.4 cm³/mol. The second kappa shape index (κ2) is 4.39. The van der Waals surface area contributed by atoms with Crippen molar-refractivity contribution >= 4 is 5.69 Å². The summed E-state index contributed by atoms with van der Waals surface area (Å²) in [6.45, 7) is 1.64. The number of nitrogens with zero attached hydrogens (tertiary/aromatic N) is 1. The quantitative estimate of drug-likeness (QED) is 0.381. The topological polar surface area (TPSA) is 102 Å². The minimum absolute atomic E-state index is 0.159. The van der Waals surface area contributed by atoms with Crippen LogP contribution < -0.4 is 11.3 Å². The number of rotatable bonds is 1. The van der Waals surface area contributed by atoms with Crippen molar-refractivity contribution in [3.63, 3.8) is 0 Å². The van der Waals surface area contributed by atoms with Crippen molar-refractivity contribution in [2.24, 2.45) is 5.73 Å². The van der Waals surface area contributed by atoms with E-state index in [9.17, 15) is 14.9 Å². The highest BCUT2D eigenvalue weighted by atomic mass is 16.6. The van der Waals surface area contributed by atoms with Crippen LogP contribution in [0.1, 0.15) is 11.1 Å². The number of aromatic nitrogens is 1. The summed E-state index contributed by atoms with van der Waals surface area (Å²) in [7, 11) is 0. The van der Waals surface area contributed by atoms with Crippen LogP contribution in [-0.2, 0) is 0 Å². The Morgan fingerprint density at radius 1 is 1.67 bits per heavy atom. The third kappa shape index (κ3) is 2.21. The fourth-order valence-electron chi connectivity index (χ4n) is 1.11. The van der Waals surface area contributed by atoms with Gasteiger partial charge >= 0.3 is 11.2 Å². The maximum absolute atomic E-state index is 11.1. The molecule has 3 N–H and O–H groups in total. The molecule has 0 bridgehead atoms. The molecule has 0 aliphatic rings. The molecule has 0 saturated heterocycles. The first-order valence-corrected chi connectivity index (χ1v) is 4.13.